The summed E-state index contributed by atoms with van der Waals surface area (Å²) in [6, 6.07) is 6.27. The summed E-state index contributed by atoms with van der Waals surface area (Å²) in [5.41, 5.74) is 1.12. The number of carbonyl (C=O) groups excluding carboxylic acids is 1. The Kier molecular flexibility index (Phi) is 6.93. The van der Waals surface area contributed by atoms with Gasteiger partial charge in [-0.2, -0.15) is 17.5 Å². The molecule has 1 heterocycles. The molecule has 0 unspecified atom stereocenters. The molecule has 0 saturated carbocycles. The van der Waals surface area contributed by atoms with Gasteiger partial charge in [-0.05, 0) is 62.9 Å². The summed E-state index contributed by atoms with van der Waals surface area (Å²) in [5, 5.41) is 2.41. The summed E-state index contributed by atoms with van der Waals surface area (Å²) >= 11 is 5.97. The van der Waals surface area contributed by atoms with Gasteiger partial charge >= 0.3 is 6.18 Å². The fourth-order valence-corrected chi connectivity index (χ4v) is 6.21. The third-order valence-corrected chi connectivity index (χ3v) is 8.01. The number of sulfonamides is 1. The molecule has 1 N–H and O–H groups in total. The molecular formula is C22H24ClF3N2O3S. The van der Waals surface area contributed by atoms with E-state index in [0.29, 0.717) is 24.0 Å². The molecule has 1 aliphatic rings. The molecule has 1 aliphatic heterocycles. The van der Waals surface area contributed by atoms with Crippen molar-refractivity contribution in [1.29, 1.82) is 0 Å². The number of hydrogen-bond donors (Lipinski definition) is 1. The zero-order valence-corrected chi connectivity index (χ0v) is 19.5. The van der Waals surface area contributed by atoms with Crippen LogP contribution in [0.1, 0.15) is 35.1 Å². The van der Waals surface area contributed by atoms with Crippen molar-refractivity contribution < 1.29 is 26.4 Å². The molecule has 3 rings (SSSR count). The number of nitrogens with zero attached hydrogens (tertiary/aromatic N) is 1. The zero-order chi connectivity index (χ0) is 23.8. The van der Waals surface area contributed by atoms with E-state index in [4.69, 9.17) is 11.6 Å². The third kappa shape index (κ3) is 5.10. The van der Waals surface area contributed by atoms with Gasteiger partial charge in [0.25, 0.3) is 0 Å². The first-order valence-corrected chi connectivity index (χ1v) is 11.9. The highest BCUT2D eigenvalue weighted by molar-refractivity contribution is 7.89. The van der Waals surface area contributed by atoms with E-state index in [1.54, 1.807) is 26.0 Å². The maximum absolute atomic E-state index is 13.3. The van der Waals surface area contributed by atoms with Gasteiger partial charge in [-0.15, -0.1) is 0 Å². The second-order valence-electron chi connectivity index (χ2n) is 8.11. The monoisotopic (exact) mass is 488 g/mol. The van der Waals surface area contributed by atoms with E-state index in [1.165, 1.54) is 4.31 Å². The Morgan fingerprint density at radius 3 is 2.34 bits per heavy atom. The number of alkyl halides is 3. The second-order valence-corrected chi connectivity index (χ2v) is 10.4. The topological polar surface area (TPSA) is 66.5 Å². The Hall–Kier alpha value is -2.10. The number of aryl methyl sites for hydroxylation is 3. The first-order valence-electron chi connectivity index (χ1n) is 10.1. The maximum atomic E-state index is 13.3. The number of amides is 1. The highest BCUT2D eigenvalue weighted by Crippen LogP contribution is 2.35. The van der Waals surface area contributed by atoms with E-state index in [9.17, 15) is 26.4 Å². The van der Waals surface area contributed by atoms with Gasteiger partial charge < -0.3 is 5.32 Å². The minimum Gasteiger partial charge on any atom is -0.324 e. The standard InChI is InChI=1S/C22H24ClF3N2O3S/c1-13-9-14(2)20(15(3)10-13)32(30,31)28-8-4-5-16(12-28)21(29)27-19-11-17(22(24,25)26)6-7-18(19)23/h6-7,9-11,16H,4-5,8,12H2,1-3H3,(H,27,29)/t16-/m0/s1. The van der Waals surface area contributed by atoms with E-state index < -0.39 is 33.6 Å². The van der Waals surface area contributed by atoms with Crippen molar-refractivity contribution in [2.24, 2.45) is 5.92 Å². The van der Waals surface area contributed by atoms with Crippen molar-refractivity contribution in [3.05, 3.63) is 57.6 Å². The van der Waals surface area contributed by atoms with E-state index in [0.717, 1.165) is 23.8 Å². The molecule has 5 nitrogen and oxygen atoms in total. The summed E-state index contributed by atoms with van der Waals surface area (Å²) in [4.78, 5) is 13.0. The van der Waals surface area contributed by atoms with Crippen LogP contribution in [-0.4, -0.2) is 31.7 Å². The van der Waals surface area contributed by atoms with E-state index in [2.05, 4.69) is 5.32 Å². The van der Waals surface area contributed by atoms with Crippen LogP contribution in [0.5, 0.6) is 0 Å². The van der Waals surface area contributed by atoms with Crippen LogP contribution in [0.25, 0.3) is 0 Å². The Labute approximate surface area is 190 Å². The molecule has 0 aliphatic carbocycles. The molecule has 0 bridgehead atoms. The molecule has 0 aromatic heterocycles. The molecule has 2 aromatic carbocycles. The van der Waals surface area contributed by atoms with Crippen LogP contribution in [0, 0.1) is 26.7 Å². The molecule has 1 fully saturated rings. The van der Waals surface area contributed by atoms with Crippen LogP contribution in [0.3, 0.4) is 0 Å². The van der Waals surface area contributed by atoms with Crippen molar-refractivity contribution >= 4 is 33.2 Å². The van der Waals surface area contributed by atoms with Crippen LogP contribution in [-0.2, 0) is 21.0 Å². The zero-order valence-electron chi connectivity index (χ0n) is 17.9. The number of piperidine rings is 1. The van der Waals surface area contributed by atoms with Crippen LogP contribution >= 0.6 is 11.6 Å². The van der Waals surface area contributed by atoms with E-state index in [1.807, 2.05) is 6.92 Å². The lowest BCUT2D eigenvalue weighted by atomic mass is 9.98. The summed E-state index contributed by atoms with van der Waals surface area (Å²) < 4.78 is 66.9. The Balaban J connectivity index is 1.82. The molecule has 2 aromatic rings. The predicted molar refractivity (Wildman–Crippen MR) is 117 cm³/mol. The Morgan fingerprint density at radius 2 is 1.75 bits per heavy atom. The summed E-state index contributed by atoms with van der Waals surface area (Å²) in [6.07, 6.45) is -3.71. The largest absolute Gasteiger partial charge is 0.416 e. The highest BCUT2D eigenvalue weighted by atomic mass is 35.5. The minimum absolute atomic E-state index is 0.0301. The molecule has 0 spiro atoms. The molecule has 1 saturated heterocycles. The van der Waals surface area contributed by atoms with E-state index in [-0.39, 0.29) is 28.7 Å². The van der Waals surface area contributed by atoms with Gasteiger partial charge in [0, 0.05) is 13.1 Å². The number of benzene rings is 2. The molecular weight excluding hydrogens is 465 g/mol. The Bertz CT molecular complexity index is 1130. The number of halogens is 4. The van der Waals surface area contributed by atoms with Crippen molar-refractivity contribution in [2.75, 3.05) is 18.4 Å². The van der Waals surface area contributed by atoms with Crippen LogP contribution in [0.4, 0.5) is 18.9 Å². The van der Waals surface area contributed by atoms with Gasteiger partial charge in [-0.1, -0.05) is 29.3 Å². The van der Waals surface area contributed by atoms with Crippen LogP contribution in [0.15, 0.2) is 35.2 Å². The molecule has 10 heteroatoms. The smallest absolute Gasteiger partial charge is 0.324 e. The summed E-state index contributed by atoms with van der Waals surface area (Å²) in [6.45, 7) is 5.56. The van der Waals surface area contributed by atoms with Gasteiger partial charge in [0.15, 0.2) is 0 Å². The van der Waals surface area contributed by atoms with Crippen molar-refractivity contribution in [3.8, 4) is 0 Å². The van der Waals surface area contributed by atoms with Gasteiger partial charge in [0.1, 0.15) is 0 Å². The number of nitrogens with one attached hydrogen (secondary N) is 1. The number of carbonyl (C=O) groups is 1. The molecule has 1 amide bonds. The van der Waals surface area contributed by atoms with Gasteiger partial charge in [0.2, 0.25) is 15.9 Å². The fourth-order valence-electron chi connectivity index (χ4n) is 4.11. The van der Waals surface area contributed by atoms with Gasteiger partial charge in [-0.25, -0.2) is 8.42 Å². The molecule has 0 radical (unpaired) electrons. The van der Waals surface area contributed by atoms with Crippen molar-refractivity contribution in [1.82, 2.24) is 4.31 Å². The minimum atomic E-state index is -4.58. The maximum Gasteiger partial charge on any atom is 0.416 e. The third-order valence-electron chi connectivity index (χ3n) is 5.51. The van der Waals surface area contributed by atoms with Crippen molar-refractivity contribution in [3.63, 3.8) is 0 Å². The lowest BCUT2D eigenvalue weighted by Crippen LogP contribution is -2.44. The number of rotatable bonds is 4. The lowest BCUT2D eigenvalue weighted by Gasteiger charge is -2.32. The predicted octanol–water partition coefficient (Wildman–Crippen LogP) is 5.32. The number of hydrogen-bond acceptors (Lipinski definition) is 3. The van der Waals surface area contributed by atoms with Crippen LogP contribution in [0.2, 0.25) is 5.02 Å². The first kappa shape index (κ1) is 24.5. The molecule has 32 heavy (non-hydrogen) atoms. The number of anilines is 1. The lowest BCUT2D eigenvalue weighted by molar-refractivity contribution is -0.137. The second kappa shape index (κ2) is 9.03. The highest BCUT2D eigenvalue weighted by Gasteiger charge is 2.35. The van der Waals surface area contributed by atoms with Crippen LogP contribution < -0.4 is 5.32 Å². The molecule has 1 atom stereocenters. The first-order chi connectivity index (χ1) is 14.8. The Morgan fingerprint density at radius 1 is 1.12 bits per heavy atom. The summed E-state index contributed by atoms with van der Waals surface area (Å²) in [5.74, 6) is -1.28. The van der Waals surface area contributed by atoms with Gasteiger partial charge in [-0.3, -0.25) is 4.79 Å². The van der Waals surface area contributed by atoms with E-state index >= 15 is 0 Å². The molecule has 174 valence electrons. The normalized spacial score (nSPS) is 17.9. The average Bonchev–Trinajstić information content (AvgIpc) is 2.67. The quantitative estimate of drug-likeness (QED) is 0.633. The SMILES string of the molecule is Cc1cc(C)c(S(=O)(=O)N2CCC[C@H](C(=O)Nc3cc(C(F)(F)F)ccc3Cl)C2)c(C)c1. The summed E-state index contributed by atoms with van der Waals surface area (Å²) in [7, 11) is -3.84. The van der Waals surface area contributed by atoms with Gasteiger partial charge in [0.05, 0.1) is 27.1 Å². The average molecular weight is 489 g/mol. The fraction of sp³-hybridized carbons (Fsp3) is 0.409. The van der Waals surface area contributed by atoms with Crippen molar-refractivity contribution in [2.45, 2.75) is 44.7 Å².